The van der Waals surface area contributed by atoms with Crippen molar-refractivity contribution >= 4 is 11.6 Å². The quantitative estimate of drug-likeness (QED) is 0.885. The Bertz CT molecular complexity index is 472. The summed E-state index contributed by atoms with van der Waals surface area (Å²) in [6.07, 6.45) is 2.81. The second-order valence-electron chi connectivity index (χ2n) is 5.03. The molecule has 0 bridgehead atoms. The SMILES string of the molecule is NCC1(CC(=O)Nc2c(F)cc(F)cc2F)CCC1. The van der Waals surface area contributed by atoms with Gasteiger partial charge in [0, 0.05) is 18.6 Å². The lowest BCUT2D eigenvalue weighted by atomic mass is 9.66. The van der Waals surface area contributed by atoms with Crippen LogP contribution < -0.4 is 11.1 Å². The van der Waals surface area contributed by atoms with Crippen LogP contribution in [0.4, 0.5) is 18.9 Å². The molecule has 0 aromatic heterocycles. The third-order valence-corrected chi connectivity index (χ3v) is 3.65. The molecule has 2 rings (SSSR count). The summed E-state index contributed by atoms with van der Waals surface area (Å²) < 4.78 is 39.5. The molecule has 0 heterocycles. The lowest BCUT2D eigenvalue weighted by Crippen LogP contribution is -2.40. The van der Waals surface area contributed by atoms with Gasteiger partial charge in [-0.15, -0.1) is 0 Å². The van der Waals surface area contributed by atoms with E-state index in [-0.39, 0.29) is 11.8 Å². The van der Waals surface area contributed by atoms with Crippen LogP contribution in [0.1, 0.15) is 25.7 Å². The molecule has 3 nitrogen and oxygen atoms in total. The molecule has 1 aromatic rings. The number of hydrogen-bond donors (Lipinski definition) is 2. The zero-order valence-electron chi connectivity index (χ0n) is 10.3. The minimum absolute atomic E-state index is 0.125. The number of amides is 1. The molecule has 0 spiro atoms. The van der Waals surface area contributed by atoms with Gasteiger partial charge in [-0.1, -0.05) is 6.42 Å². The zero-order valence-corrected chi connectivity index (χ0v) is 10.3. The standard InChI is InChI=1S/C13H15F3N2O/c14-8-4-9(15)12(10(16)5-8)18-11(19)6-13(7-17)2-1-3-13/h4-5H,1-3,6-7,17H2,(H,18,19). The zero-order chi connectivity index (χ0) is 14.0. The number of carbonyl (C=O) groups is 1. The van der Waals surface area contributed by atoms with Crippen molar-refractivity contribution in [3.8, 4) is 0 Å². The van der Waals surface area contributed by atoms with Gasteiger partial charge in [0.25, 0.3) is 0 Å². The Balaban J connectivity index is 2.07. The number of rotatable bonds is 4. The Morgan fingerprint density at radius 2 is 1.84 bits per heavy atom. The molecule has 1 aliphatic rings. The number of nitrogens with one attached hydrogen (secondary N) is 1. The summed E-state index contributed by atoms with van der Waals surface area (Å²) in [4.78, 5) is 11.8. The van der Waals surface area contributed by atoms with Crippen molar-refractivity contribution in [3.05, 3.63) is 29.6 Å². The maximum absolute atomic E-state index is 13.4. The topological polar surface area (TPSA) is 55.1 Å². The molecule has 3 N–H and O–H groups in total. The van der Waals surface area contributed by atoms with E-state index in [4.69, 9.17) is 5.73 Å². The summed E-state index contributed by atoms with van der Waals surface area (Å²) in [5, 5.41) is 2.15. The van der Waals surface area contributed by atoms with E-state index in [2.05, 4.69) is 5.32 Å². The fraction of sp³-hybridized carbons (Fsp3) is 0.462. The highest BCUT2D eigenvalue weighted by Gasteiger charge is 2.37. The highest BCUT2D eigenvalue weighted by Crippen LogP contribution is 2.43. The van der Waals surface area contributed by atoms with Crippen molar-refractivity contribution < 1.29 is 18.0 Å². The normalized spacial score (nSPS) is 16.8. The summed E-state index contributed by atoms with van der Waals surface area (Å²) in [7, 11) is 0. The smallest absolute Gasteiger partial charge is 0.225 e. The van der Waals surface area contributed by atoms with Crippen molar-refractivity contribution in [3.63, 3.8) is 0 Å². The average Bonchev–Trinajstić information content (AvgIpc) is 2.28. The molecule has 19 heavy (non-hydrogen) atoms. The molecule has 0 saturated heterocycles. The van der Waals surface area contributed by atoms with Crippen molar-refractivity contribution in [1.29, 1.82) is 0 Å². The van der Waals surface area contributed by atoms with Gasteiger partial charge in [0.1, 0.15) is 11.5 Å². The first kappa shape index (κ1) is 13.9. The molecule has 1 aliphatic carbocycles. The molecule has 104 valence electrons. The van der Waals surface area contributed by atoms with Gasteiger partial charge in [0.15, 0.2) is 11.6 Å². The Morgan fingerprint density at radius 1 is 1.26 bits per heavy atom. The first-order valence-electron chi connectivity index (χ1n) is 6.10. The minimum Gasteiger partial charge on any atom is -0.330 e. The van der Waals surface area contributed by atoms with E-state index in [1.165, 1.54) is 0 Å². The second-order valence-corrected chi connectivity index (χ2v) is 5.03. The lowest BCUT2D eigenvalue weighted by molar-refractivity contribution is -0.119. The van der Waals surface area contributed by atoms with Crippen LogP contribution in [0.5, 0.6) is 0 Å². The van der Waals surface area contributed by atoms with E-state index < -0.39 is 29.0 Å². The Hall–Kier alpha value is -1.56. The van der Waals surface area contributed by atoms with E-state index in [1.54, 1.807) is 0 Å². The first-order valence-corrected chi connectivity index (χ1v) is 6.10. The van der Waals surface area contributed by atoms with Crippen LogP contribution >= 0.6 is 0 Å². The third kappa shape index (κ3) is 2.89. The molecule has 0 aliphatic heterocycles. The van der Waals surface area contributed by atoms with E-state index in [0.717, 1.165) is 19.3 Å². The van der Waals surface area contributed by atoms with Crippen LogP contribution in [0.25, 0.3) is 0 Å². The summed E-state index contributed by atoms with van der Waals surface area (Å²) in [5.74, 6) is -3.78. The summed E-state index contributed by atoms with van der Waals surface area (Å²) in [6.45, 7) is 0.370. The number of anilines is 1. The Labute approximate surface area is 109 Å². The lowest BCUT2D eigenvalue weighted by Gasteiger charge is -2.40. The van der Waals surface area contributed by atoms with Crippen molar-refractivity contribution in [2.75, 3.05) is 11.9 Å². The maximum atomic E-state index is 13.4. The Morgan fingerprint density at radius 3 is 2.26 bits per heavy atom. The number of nitrogens with two attached hydrogens (primary N) is 1. The predicted molar refractivity (Wildman–Crippen MR) is 64.9 cm³/mol. The van der Waals surface area contributed by atoms with Gasteiger partial charge in [-0.3, -0.25) is 4.79 Å². The fourth-order valence-electron chi connectivity index (χ4n) is 2.32. The van der Waals surface area contributed by atoms with Crippen LogP contribution in [0, 0.1) is 22.9 Å². The maximum Gasteiger partial charge on any atom is 0.225 e. The molecular formula is C13H15F3N2O. The van der Waals surface area contributed by atoms with Crippen LogP contribution in [0.2, 0.25) is 0 Å². The molecule has 6 heteroatoms. The van der Waals surface area contributed by atoms with E-state index in [0.29, 0.717) is 18.7 Å². The number of hydrogen-bond acceptors (Lipinski definition) is 2. The van der Waals surface area contributed by atoms with Crippen LogP contribution in [-0.2, 0) is 4.79 Å². The largest absolute Gasteiger partial charge is 0.330 e. The number of carbonyl (C=O) groups excluding carboxylic acids is 1. The summed E-state index contributed by atoms with van der Waals surface area (Å²) in [6, 6.07) is 1.06. The highest BCUT2D eigenvalue weighted by molar-refractivity contribution is 5.91. The molecule has 0 unspecified atom stereocenters. The van der Waals surface area contributed by atoms with Crippen molar-refractivity contribution in [2.45, 2.75) is 25.7 Å². The minimum atomic E-state index is -1.12. The first-order chi connectivity index (χ1) is 8.96. The predicted octanol–water partition coefficient (Wildman–Crippen LogP) is 2.56. The second kappa shape index (κ2) is 5.21. The fourth-order valence-corrected chi connectivity index (χ4v) is 2.32. The average molecular weight is 272 g/mol. The van der Waals surface area contributed by atoms with Crippen LogP contribution in [-0.4, -0.2) is 12.5 Å². The van der Waals surface area contributed by atoms with Gasteiger partial charge in [-0.25, -0.2) is 13.2 Å². The summed E-state index contributed by atoms with van der Waals surface area (Å²) >= 11 is 0. The van der Waals surface area contributed by atoms with Crippen LogP contribution in [0.15, 0.2) is 12.1 Å². The molecule has 0 atom stereocenters. The third-order valence-electron chi connectivity index (χ3n) is 3.65. The van der Waals surface area contributed by atoms with Crippen LogP contribution in [0.3, 0.4) is 0 Å². The van der Waals surface area contributed by atoms with Gasteiger partial charge in [-0.05, 0) is 24.8 Å². The molecule has 1 aromatic carbocycles. The Kier molecular flexibility index (Phi) is 3.80. The van der Waals surface area contributed by atoms with Crippen molar-refractivity contribution in [2.24, 2.45) is 11.1 Å². The number of benzene rings is 1. The van der Waals surface area contributed by atoms with Gasteiger partial charge in [-0.2, -0.15) is 0 Å². The molecule has 1 fully saturated rings. The monoisotopic (exact) mass is 272 g/mol. The van der Waals surface area contributed by atoms with Crippen molar-refractivity contribution in [1.82, 2.24) is 0 Å². The molecular weight excluding hydrogens is 257 g/mol. The van der Waals surface area contributed by atoms with E-state index in [1.807, 2.05) is 0 Å². The summed E-state index contributed by atoms with van der Waals surface area (Å²) in [5.41, 5.74) is 4.75. The molecule has 1 amide bonds. The molecule has 1 saturated carbocycles. The molecule has 0 radical (unpaired) electrons. The highest BCUT2D eigenvalue weighted by atomic mass is 19.1. The van der Waals surface area contributed by atoms with E-state index >= 15 is 0 Å². The van der Waals surface area contributed by atoms with Gasteiger partial charge in [0.05, 0.1) is 0 Å². The van der Waals surface area contributed by atoms with Gasteiger partial charge < -0.3 is 11.1 Å². The number of halogens is 3. The van der Waals surface area contributed by atoms with Gasteiger partial charge >= 0.3 is 0 Å². The van der Waals surface area contributed by atoms with Gasteiger partial charge in [0.2, 0.25) is 5.91 Å². The van der Waals surface area contributed by atoms with E-state index in [9.17, 15) is 18.0 Å².